The Labute approximate surface area is 179 Å². The Balaban J connectivity index is 1.68. The van der Waals surface area contributed by atoms with E-state index in [4.69, 9.17) is 25.5 Å². The van der Waals surface area contributed by atoms with E-state index in [1.165, 1.54) is 17.9 Å². The number of ether oxygens (including phenoxy) is 2. The highest BCUT2D eigenvalue weighted by Crippen LogP contribution is 2.28. The second-order valence-corrected chi connectivity index (χ2v) is 7.15. The Morgan fingerprint density at radius 1 is 1.31 bits per heavy atom. The maximum atomic E-state index is 12.5. The number of rotatable bonds is 7. The lowest BCUT2D eigenvalue weighted by Gasteiger charge is -2.06. The molecule has 0 saturated carbocycles. The van der Waals surface area contributed by atoms with Crippen LogP contribution in [0, 0.1) is 0 Å². The standard InChI is InChI=1S/C19H17BrClN3O5/c1-3-24-9-14(17(23-24)19(26)27-2)22-18(25)16-7-5-12(29-16)10-28-15-6-4-11(20)8-13(15)21/h4-9H,3,10H2,1-2H3,(H,22,25). The number of carbonyl (C=O) groups is 2. The van der Waals surface area contributed by atoms with E-state index in [1.807, 2.05) is 6.92 Å². The average Bonchev–Trinajstić information content (AvgIpc) is 3.33. The molecule has 0 saturated heterocycles. The summed E-state index contributed by atoms with van der Waals surface area (Å²) in [6, 6.07) is 8.38. The topological polar surface area (TPSA) is 95.6 Å². The summed E-state index contributed by atoms with van der Waals surface area (Å²) in [6.07, 6.45) is 1.55. The SMILES string of the molecule is CCn1cc(NC(=O)c2ccc(COc3ccc(Br)cc3Cl)o2)c(C(=O)OC)n1. The predicted molar refractivity (Wildman–Crippen MR) is 109 cm³/mol. The van der Waals surface area contributed by atoms with Gasteiger partial charge in [-0.1, -0.05) is 27.5 Å². The molecular weight excluding hydrogens is 466 g/mol. The third kappa shape index (κ3) is 4.99. The highest BCUT2D eigenvalue weighted by Gasteiger charge is 2.21. The Kier molecular flexibility index (Phi) is 6.60. The van der Waals surface area contributed by atoms with Gasteiger partial charge in [-0.05, 0) is 37.3 Å². The van der Waals surface area contributed by atoms with Gasteiger partial charge in [0.25, 0.3) is 5.91 Å². The van der Waals surface area contributed by atoms with Crippen LogP contribution in [0.3, 0.4) is 0 Å². The van der Waals surface area contributed by atoms with Crippen molar-refractivity contribution in [2.45, 2.75) is 20.1 Å². The van der Waals surface area contributed by atoms with E-state index in [9.17, 15) is 9.59 Å². The number of nitrogens with one attached hydrogen (secondary N) is 1. The first-order chi connectivity index (χ1) is 13.9. The van der Waals surface area contributed by atoms with Crippen LogP contribution in [0.1, 0.15) is 33.7 Å². The number of amides is 1. The minimum Gasteiger partial charge on any atom is -0.484 e. The molecule has 3 aromatic rings. The third-order valence-electron chi connectivity index (χ3n) is 3.86. The van der Waals surface area contributed by atoms with Gasteiger partial charge in [-0.2, -0.15) is 5.10 Å². The molecule has 2 heterocycles. The van der Waals surface area contributed by atoms with Gasteiger partial charge in [-0.15, -0.1) is 0 Å². The molecule has 29 heavy (non-hydrogen) atoms. The largest absolute Gasteiger partial charge is 0.484 e. The normalized spacial score (nSPS) is 10.6. The molecular formula is C19H17BrClN3O5. The van der Waals surface area contributed by atoms with Crippen molar-refractivity contribution in [3.8, 4) is 5.75 Å². The van der Waals surface area contributed by atoms with Crippen molar-refractivity contribution in [3.05, 3.63) is 63.2 Å². The molecule has 1 N–H and O–H groups in total. The molecule has 0 aliphatic heterocycles. The number of hydrogen-bond acceptors (Lipinski definition) is 6. The number of nitrogens with zero attached hydrogens (tertiary/aromatic N) is 2. The number of methoxy groups -OCH3 is 1. The first-order valence-corrected chi connectivity index (χ1v) is 9.72. The quantitative estimate of drug-likeness (QED) is 0.497. The monoisotopic (exact) mass is 481 g/mol. The van der Waals surface area contributed by atoms with E-state index < -0.39 is 11.9 Å². The second kappa shape index (κ2) is 9.15. The maximum absolute atomic E-state index is 12.5. The lowest BCUT2D eigenvalue weighted by Crippen LogP contribution is -2.14. The van der Waals surface area contributed by atoms with Crippen molar-refractivity contribution in [1.82, 2.24) is 9.78 Å². The van der Waals surface area contributed by atoms with Crippen LogP contribution in [0.5, 0.6) is 5.75 Å². The van der Waals surface area contributed by atoms with Gasteiger partial charge in [0.15, 0.2) is 11.5 Å². The van der Waals surface area contributed by atoms with Crippen LogP contribution in [0.25, 0.3) is 0 Å². The first kappa shape index (κ1) is 20.9. The molecule has 1 amide bonds. The average molecular weight is 483 g/mol. The van der Waals surface area contributed by atoms with Gasteiger partial charge in [-0.25, -0.2) is 4.79 Å². The van der Waals surface area contributed by atoms with E-state index in [1.54, 1.807) is 30.5 Å². The zero-order valence-electron chi connectivity index (χ0n) is 15.6. The number of aryl methyl sites for hydroxylation is 1. The van der Waals surface area contributed by atoms with Crippen LogP contribution in [0.4, 0.5) is 5.69 Å². The predicted octanol–water partition coefficient (Wildman–Crippen LogP) is 4.53. The fraction of sp³-hybridized carbons (Fsp3) is 0.211. The van der Waals surface area contributed by atoms with Crippen molar-refractivity contribution in [2.75, 3.05) is 12.4 Å². The van der Waals surface area contributed by atoms with Crippen molar-refractivity contribution >= 4 is 45.1 Å². The molecule has 8 nitrogen and oxygen atoms in total. The van der Waals surface area contributed by atoms with Crippen LogP contribution < -0.4 is 10.1 Å². The van der Waals surface area contributed by atoms with Gasteiger partial charge < -0.3 is 19.2 Å². The summed E-state index contributed by atoms with van der Waals surface area (Å²) < 4.78 is 18.2. The molecule has 3 rings (SSSR count). The lowest BCUT2D eigenvalue weighted by molar-refractivity contribution is 0.0594. The van der Waals surface area contributed by atoms with E-state index >= 15 is 0 Å². The zero-order chi connectivity index (χ0) is 21.0. The number of aromatic nitrogens is 2. The molecule has 0 bridgehead atoms. The van der Waals surface area contributed by atoms with E-state index in [0.29, 0.717) is 23.1 Å². The third-order valence-corrected chi connectivity index (χ3v) is 4.65. The summed E-state index contributed by atoms with van der Waals surface area (Å²) in [4.78, 5) is 24.3. The second-order valence-electron chi connectivity index (χ2n) is 5.82. The molecule has 0 aliphatic rings. The number of anilines is 1. The summed E-state index contributed by atoms with van der Waals surface area (Å²) in [5, 5.41) is 7.16. The van der Waals surface area contributed by atoms with Gasteiger partial charge in [0.05, 0.1) is 17.8 Å². The van der Waals surface area contributed by atoms with Crippen LogP contribution in [0.15, 0.2) is 45.4 Å². The fourth-order valence-corrected chi connectivity index (χ4v) is 3.15. The van der Waals surface area contributed by atoms with E-state index in [0.717, 1.165) is 4.47 Å². The Morgan fingerprint density at radius 2 is 2.10 bits per heavy atom. The highest BCUT2D eigenvalue weighted by atomic mass is 79.9. The van der Waals surface area contributed by atoms with Crippen LogP contribution in [-0.4, -0.2) is 28.8 Å². The Morgan fingerprint density at radius 3 is 2.79 bits per heavy atom. The summed E-state index contributed by atoms with van der Waals surface area (Å²) in [7, 11) is 1.25. The number of esters is 1. The zero-order valence-corrected chi connectivity index (χ0v) is 17.9. The summed E-state index contributed by atoms with van der Waals surface area (Å²) in [5.74, 6) is -0.185. The number of hydrogen-bond donors (Lipinski definition) is 1. The molecule has 0 atom stereocenters. The molecule has 0 radical (unpaired) electrons. The summed E-state index contributed by atoms with van der Waals surface area (Å²) >= 11 is 9.44. The number of halogens is 2. The molecule has 0 unspecified atom stereocenters. The molecule has 1 aromatic carbocycles. The summed E-state index contributed by atoms with van der Waals surface area (Å²) in [6.45, 7) is 2.48. The van der Waals surface area contributed by atoms with Crippen molar-refractivity contribution in [3.63, 3.8) is 0 Å². The highest BCUT2D eigenvalue weighted by molar-refractivity contribution is 9.10. The van der Waals surface area contributed by atoms with Crippen molar-refractivity contribution < 1.29 is 23.5 Å². The number of carbonyl (C=O) groups excluding carboxylic acids is 2. The summed E-state index contributed by atoms with van der Waals surface area (Å²) in [5.41, 5.74) is 0.252. The molecule has 0 spiro atoms. The van der Waals surface area contributed by atoms with Gasteiger partial charge in [0.2, 0.25) is 0 Å². The van der Waals surface area contributed by atoms with Gasteiger partial charge >= 0.3 is 5.97 Å². The molecule has 10 heteroatoms. The maximum Gasteiger partial charge on any atom is 0.360 e. The van der Waals surface area contributed by atoms with Crippen LogP contribution in [-0.2, 0) is 17.9 Å². The van der Waals surface area contributed by atoms with Gasteiger partial charge in [0.1, 0.15) is 18.1 Å². The number of furan rings is 1. The Bertz CT molecular complexity index is 1050. The van der Waals surface area contributed by atoms with Gasteiger partial charge in [-0.3, -0.25) is 9.48 Å². The smallest absolute Gasteiger partial charge is 0.360 e. The minimum atomic E-state index is -0.646. The van der Waals surface area contributed by atoms with E-state index in [2.05, 4.69) is 26.3 Å². The molecule has 2 aromatic heterocycles. The lowest BCUT2D eigenvalue weighted by atomic mass is 10.3. The van der Waals surface area contributed by atoms with Crippen molar-refractivity contribution in [2.24, 2.45) is 0 Å². The number of benzene rings is 1. The molecule has 0 fully saturated rings. The fourth-order valence-electron chi connectivity index (χ4n) is 2.42. The molecule has 0 aliphatic carbocycles. The van der Waals surface area contributed by atoms with Gasteiger partial charge in [0, 0.05) is 17.2 Å². The van der Waals surface area contributed by atoms with Crippen molar-refractivity contribution in [1.29, 1.82) is 0 Å². The van der Waals surface area contributed by atoms with Crippen LogP contribution >= 0.6 is 27.5 Å². The molecule has 152 valence electrons. The Hall–Kier alpha value is -2.78. The van der Waals surface area contributed by atoms with E-state index in [-0.39, 0.29) is 23.7 Å². The van der Waals surface area contributed by atoms with Crippen LogP contribution in [0.2, 0.25) is 5.02 Å². The minimum absolute atomic E-state index is 0.0164. The first-order valence-electron chi connectivity index (χ1n) is 8.55.